The van der Waals surface area contributed by atoms with E-state index in [-0.39, 0.29) is 12.0 Å². The van der Waals surface area contributed by atoms with Gasteiger partial charge in [0.2, 0.25) is 0 Å². The molecule has 92 valence electrons. The van der Waals surface area contributed by atoms with Crippen LogP contribution in [0.25, 0.3) is 0 Å². The third kappa shape index (κ3) is 3.63. The molecule has 0 aliphatic heterocycles. The smallest absolute Gasteiger partial charge is 0.329 e. The normalized spacial score (nSPS) is 11.6. The lowest BCUT2D eigenvalue weighted by Crippen LogP contribution is -2.39. The Morgan fingerprint density at radius 1 is 1.47 bits per heavy atom. The van der Waals surface area contributed by atoms with Crippen molar-refractivity contribution in [2.24, 2.45) is 0 Å². The third-order valence-corrected chi connectivity index (χ3v) is 2.58. The molecule has 0 bridgehead atoms. The summed E-state index contributed by atoms with van der Waals surface area (Å²) in [6.45, 7) is 5.89. The van der Waals surface area contributed by atoms with Crippen LogP contribution >= 0.6 is 0 Å². The first-order valence-electron chi connectivity index (χ1n) is 5.76. The zero-order valence-electron chi connectivity index (χ0n) is 10.4. The Kier molecular flexibility index (Phi) is 5.27. The molecule has 1 unspecified atom stereocenters. The highest BCUT2D eigenvalue weighted by atomic mass is 16.5. The van der Waals surface area contributed by atoms with Crippen LogP contribution in [0.15, 0.2) is 43.0 Å². The molecule has 0 fully saturated rings. The second-order valence-electron chi connectivity index (χ2n) is 3.74. The fraction of sp³-hybridized carbons (Fsp3) is 0.357. The molecule has 0 N–H and O–H groups in total. The molecule has 17 heavy (non-hydrogen) atoms. The molecule has 0 radical (unpaired) electrons. The number of carbonyl (C=O) groups excluding carboxylic acids is 1. The number of para-hydroxylation sites is 1. The van der Waals surface area contributed by atoms with Crippen LogP contribution in [0.2, 0.25) is 0 Å². The maximum Gasteiger partial charge on any atom is 0.329 e. The first-order chi connectivity index (χ1) is 8.20. The SMILES string of the molecule is C=CCC(C(=O)OCC)N(C)c1ccccc1. The molecule has 0 spiro atoms. The lowest BCUT2D eigenvalue weighted by Gasteiger charge is -2.27. The highest BCUT2D eigenvalue weighted by Crippen LogP contribution is 2.17. The highest BCUT2D eigenvalue weighted by molar-refractivity contribution is 5.80. The topological polar surface area (TPSA) is 29.5 Å². The Morgan fingerprint density at radius 3 is 2.65 bits per heavy atom. The quantitative estimate of drug-likeness (QED) is 0.559. The summed E-state index contributed by atoms with van der Waals surface area (Å²) in [5, 5.41) is 0. The largest absolute Gasteiger partial charge is 0.464 e. The van der Waals surface area contributed by atoms with Crippen LogP contribution in [0, 0.1) is 0 Å². The molecule has 0 heterocycles. The summed E-state index contributed by atoms with van der Waals surface area (Å²) in [5.74, 6) is -0.209. The number of benzene rings is 1. The molecular weight excluding hydrogens is 214 g/mol. The van der Waals surface area contributed by atoms with Crippen LogP contribution in [-0.4, -0.2) is 25.7 Å². The van der Waals surface area contributed by atoms with Gasteiger partial charge in [0.25, 0.3) is 0 Å². The molecule has 1 atom stereocenters. The number of carbonyl (C=O) groups is 1. The number of rotatable bonds is 6. The Bertz CT molecular complexity index is 362. The summed E-state index contributed by atoms with van der Waals surface area (Å²) < 4.78 is 5.07. The number of hydrogen-bond donors (Lipinski definition) is 0. The predicted octanol–water partition coefficient (Wildman–Crippen LogP) is 2.63. The van der Waals surface area contributed by atoms with Gasteiger partial charge in [-0.3, -0.25) is 0 Å². The van der Waals surface area contributed by atoms with Crippen LogP contribution in [0.3, 0.4) is 0 Å². The van der Waals surface area contributed by atoms with E-state index in [1.807, 2.05) is 49.2 Å². The first-order valence-corrected chi connectivity index (χ1v) is 5.76. The molecule has 3 heteroatoms. The fourth-order valence-corrected chi connectivity index (χ4v) is 1.65. The summed E-state index contributed by atoms with van der Waals surface area (Å²) in [4.78, 5) is 13.8. The van der Waals surface area contributed by atoms with Gasteiger partial charge in [-0.1, -0.05) is 24.3 Å². The average Bonchev–Trinajstić information content (AvgIpc) is 2.36. The van der Waals surface area contributed by atoms with E-state index in [2.05, 4.69) is 6.58 Å². The molecule has 0 amide bonds. The van der Waals surface area contributed by atoms with Crippen LogP contribution in [0.1, 0.15) is 13.3 Å². The number of likely N-dealkylation sites (N-methyl/N-ethyl adjacent to an activating group) is 1. The lowest BCUT2D eigenvalue weighted by molar-refractivity contribution is -0.144. The Hall–Kier alpha value is -1.77. The van der Waals surface area contributed by atoms with E-state index in [4.69, 9.17) is 4.74 Å². The van der Waals surface area contributed by atoms with Crippen molar-refractivity contribution in [3.05, 3.63) is 43.0 Å². The molecule has 1 rings (SSSR count). The Labute approximate surface area is 103 Å². The van der Waals surface area contributed by atoms with Crippen molar-refractivity contribution >= 4 is 11.7 Å². The second-order valence-corrected chi connectivity index (χ2v) is 3.74. The monoisotopic (exact) mass is 233 g/mol. The van der Waals surface area contributed by atoms with Gasteiger partial charge < -0.3 is 9.64 Å². The van der Waals surface area contributed by atoms with E-state index in [1.165, 1.54) is 0 Å². The standard InChI is InChI=1S/C14H19NO2/c1-4-9-13(14(16)17-5-2)15(3)12-10-7-6-8-11-12/h4,6-8,10-11,13H,1,5,9H2,2-3H3. The zero-order chi connectivity index (χ0) is 12.7. The number of hydrogen-bond acceptors (Lipinski definition) is 3. The van der Waals surface area contributed by atoms with Crippen molar-refractivity contribution in [3.63, 3.8) is 0 Å². The maximum atomic E-state index is 11.8. The number of ether oxygens (including phenoxy) is 1. The summed E-state index contributed by atoms with van der Waals surface area (Å²) in [6, 6.07) is 9.47. The van der Waals surface area contributed by atoms with Gasteiger partial charge in [0.1, 0.15) is 6.04 Å². The second kappa shape index (κ2) is 6.74. The minimum Gasteiger partial charge on any atom is -0.464 e. The molecular formula is C14H19NO2. The average molecular weight is 233 g/mol. The third-order valence-electron chi connectivity index (χ3n) is 2.58. The van der Waals surface area contributed by atoms with E-state index in [0.717, 1.165) is 5.69 Å². The molecule has 3 nitrogen and oxygen atoms in total. The summed E-state index contributed by atoms with van der Waals surface area (Å²) >= 11 is 0. The molecule has 1 aromatic carbocycles. The summed E-state index contributed by atoms with van der Waals surface area (Å²) in [6.07, 6.45) is 2.31. The van der Waals surface area contributed by atoms with Crippen LogP contribution in [-0.2, 0) is 9.53 Å². The molecule has 0 saturated heterocycles. The van der Waals surface area contributed by atoms with Crippen molar-refractivity contribution in [3.8, 4) is 0 Å². The minimum atomic E-state index is -0.310. The molecule has 0 aliphatic rings. The maximum absolute atomic E-state index is 11.8. The zero-order valence-corrected chi connectivity index (χ0v) is 10.4. The van der Waals surface area contributed by atoms with E-state index in [1.54, 1.807) is 6.08 Å². The predicted molar refractivity (Wildman–Crippen MR) is 70.1 cm³/mol. The van der Waals surface area contributed by atoms with Gasteiger partial charge >= 0.3 is 5.97 Å². The Balaban J connectivity index is 2.83. The van der Waals surface area contributed by atoms with Gasteiger partial charge in [0.05, 0.1) is 6.61 Å². The van der Waals surface area contributed by atoms with Gasteiger partial charge in [0, 0.05) is 12.7 Å². The van der Waals surface area contributed by atoms with Gasteiger partial charge in [0.15, 0.2) is 0 Å². The molecule has 1 aromatic rings. The van der Waals surface area contributed by atoms with Crippen LogP contribution in [0.5, 0.6) is 0 Å². The number of nitrogens with zero attached hydrogens (tertiary/aromatic N) is 1. The lowest BCUT2D eigenvalue weighted by atomic mass is 10.1. The summed E-state index contributed by atoms with van der Waals surface area (Å²) in [5.41, 5.74) is 0.993. The van der Waals surface area contributed by atoms with Gasteiger partial charge in [-0.15, -0.1) is 6.58 Å². The van der Waals surface area contributed by atoms with Crippen molar-refractivity contribution in [2.45, 2.75) is 19.4 Å². The summed E-state index contributed by atoms with van der Waals surface area (Å²) in [7, 11) is 1.89. The van der Waals surface area contributed by atoms with Crippen LogP contribution < -0.4 is 4.90 Å². The van der Waals surface area contributed by atoms with Gasteiger partial charge in [-0.2, -0.15) is 0 Å². The Morgan fingerprint density at radius 2 is 2.12 bits per heavy atom. The molecule has 0 saturated carbocycles. The minimum absolute atomic E-state index is 0.209. The number of anilines is 1. The van der Waals surface area contributed by atoms with Crippen molar-refractivity contribution < 1.29 is 9.53 Å². The van der Waals surface area contributed by atoms with E-state index >= 15 is 0 Å². The van der Waals surface area contributed by atoms with Crippen molar-refractivity contribution in [2.75, 3.05) is 18.6 Å². The fourth-order valence-electron chi connectivity index (χ4n) is 1.65. The van der Waals surface area contributed by atoms with E-state index < -0.39 is 0 Å². The van der Waals surface area contributed by atoms with Crippen molar-refractivity contribution in [1.82, 2.24) is 0 Å². The van der Waals surface area contributed by atoms with E-state index in [9.17, 15) is 4.79 Å². The van der Waals surface area contributed by atoms with Crippen molar-refractivity contribution in [1.29, 1.82) is 0 Å². The first kappa shape index (κ1) is 13.3. The molecule has 0 aromatic heterocycles. The highest BCUT2D eigenvalue weighted by Gasteiger charge is 2.23. The number of esters is 1. The van der Waals surface area contributed by atoms with Gasteiger partial charge in [-0.05, 0) is 25.5 Å². The van der Waals surface area contributed by atoms with E-state index in [0.29, 0.717) is 13.0 Å². The van der Waals surface area contributed by atoms with Crippen LogP contribution in [0.4, 0.5) is 5.69 Å². The van der Waals surface area contributed by atoms with Gasteiger partial charge in [-0.25, -0.2) is 4.79 Å². The molecule has 0 aliphatic carbocycles.